The van der Waals surface area contributed by atoms with E-state index in [-0.39, 0.29) is 11.0 Å². The Balaban J connectivity index is 0.000000980. The van der Waals surface area contributed by atoms with E-state index in [0.717, 1.165) is 12.1 Å². The zero-order valence-electron chi connectivity index (χ0n) is 8.73. The van der Waals surface area contributed by atoms with Gasteiger partial charge in [-0.25, -0.2) is 0 Å². The van der Waals surface area contributed by atoms with Gasteiger partial charge in [-0.15, -0.1) is 0 Å². The van der Waals surface area contributed by atoms with Gasteiger partial charge in [0.2, 0.25) is 0 Å². The standard InChI is InChI=1S/C12H23N.H4Si/c1-3-7-11(8-4-1)13-12-9-5-2-6-10-12;/h11-13H,1-10H2;1H4. The van der Waals surface area contributed by atoms with Gasteiger partial charge in [0.25, 0.3) is 0 Å². The molecule has 0 bridgehead atoms. The number of rotatable bonds is 2. The van der Waals surface area contributed by atoms with Gasteiger partial charge in [0, 0.05) is 12.1 Å². The molecule has 0 aromatic carbocycles. The Hall–Kier alpha value is 0.177. The zero-order chi connectivity index (χ0) is 8.93. The van der Waals surface area contributed by atoms with Crippen molar-refractivity contribution in [1.29, 1.82) is 0 Å². The van der Waals surface area contributed by atoms with Crippen LogP contribution in [0.25, 0.3) is 0 Å². The molecule has 1 nitrogen and oxygen atoms in total. The van der Waals surface area contributed by atoms with Crippen LogP contribution >= 0.6 is 0 Å². The van der Waals surface area contributed by atoms with E-state index in [1.54, 1.807) is 0 Å². The molecule has 0 radical (unpaired) electrons. The second kappa shape index (κ2) is 6.62. The molecule has 2 heteroatoms. The highest BCUT2D eigenvalue weighted by molar-refractivity contribution is 5.75. The Labute approximate surface area is 93.1 Å². The average Bonchev–Trinajstić information content (AvgIpc) is 2.21. The lowest BCUT2D eigenvalue weighted by molar-refractivity contribution is 0.291. The molecule has 0 aliphatic heterocycles. The summed E-state index contributed by atoms with van der Waals surface area (Å²) in [6.07, 6.45) is 14.6. The van der Waals surface area contributed by atoms with Gasteiger partial charge < -0.3 is 5.32 Å². The fourth-order valence-corrected chi connectivity index (χ4v) is 2.87. The van der Waals surface area contributed by atoms with Crippen molar-refractivity contribution in [3.8, 4) is 0 Å². The molecule has 2 saturated carbocycles. The molecule has 0 spiro atoms. The summed E-state index contributed by atoms with van der Waals surface area (Å²) in [7, 11) is 0. The van der Waals surface area contributed by atoms with E-state index in [4.69, 9.17) is 0 Å². The van der Waals surface area contributed by atoms with Crippen molar-refractivity contribution in [1.82, 2.24) is 5.32 Å². The highest BCUT2D eigenvalue weighted by Crippen LogP contribution is 2.22. The van der Waals surface area contributed by atoms with Gasteiger partial charge >= 0.3 is 0 Å². The van der Waals surface area contributed by atoms with E-state index in [0.29, 0.717) is 0 Å². The predicted molar refractivity (Wildman–Crippen MR) is 68.2 cm³/mol. The molecule has 0 aromatic rings. The van der Waals surface area contributed by atoms with E-state index in [1.807, 2.05) is 0 Å². The van der Waals surface area contributed by atoms with Crippen LogP contribution < -0.4 is 5.32 Å². The number of nitrogens with one attached hydrogen (secondary N) is 1. The largest absolute Gasteiger partial charge is 0.311 e. The third-order valence-corrected chi connectivity index (χ3v) is 3.68. The molecule has 0 aromatic heterocycles. The first kappa shape index (κ1) is 12.2. The summed E-state index contributed by atoms with van der Waals surface area (Å²) in [4.78, 5) is 0. The van der Waals surface area contributed by atoms with Gasteiger partial charge in [0.05, 0.1) is 0 Å². The van der Waals surface area contributed by atoms with Crippen molar-refractivity contribution in [3.05, 3.63) is 0 Å². The summed E-state index contributed by atoms with van der Waals surface area (Å²) < 4.78 is 0. The van der Waals surface area contributed by atoms with Crippen molar-refractivity contribution in [2.24, 2.45) is 0 Å². The molecule has 0 amide bonds. The molecule has 0 saturated heterocycles. The quantitative estimate of drug-likeness (QED) is 0.690. The van der Waals surface area contributed by atoms with Crippen LogP contribution in [0.4, 0.5) is 0 Å². The molecular weight excluding hydrogens is 186 g/mol. The maximum atomic E-state index is 3.86. The van der Waals surface area contributed by atoms with Gasteiger partial charge in [0.15, 0.2) is 0 Å². The summed E-state index contributed by atoms with van der Waals surface area (Å²) in [5.74, 6) is 0. The van der Waals surface area contributed by atoms with E-state index in [2.05, 4.69) is 5.32 Å². The molecule has 0 atom stereocenters. The minimum absolute atomic E-state index is 0. The number of hydrogen-bond acceptors (Lipinski definition) is 1. The third kappa shape index (κ3) is 3.74. The summed E-state index contributed by atoms with van der Waals surface area (Å²) in [5, 5.41) is 3.86. The van der Waals surface area contributed by atoms with Crippen molar-refractivity contribution in [3.63, 3.8) is 0 Å². The van der Waals surface area contributed by atoms with Crippen molar-refractivity contribution >= 4 is 11.0 Å². The van der Waals surface area contributed by atoms with Crippen LogP contribution in [-0.4, -0.2) is 23.0 Å². The normalized spacial score (nSPS) is 25.7. The Morgan fingerprint density at radius 1 is 0.571 bits per heavy atom. The molecule has 14 heavy (non-hydrogen) atoms. The second-order valence-electron chi connectivity index (χ2n) is 4.84. The molecular formula is C12H27NSi. The summed E-state index contributed by atoms with van der Waals surface area (Å²) in [5.41, 5.74) is 0. The van der Waals surface area contributed by atoms with Crippen LogP contribution in [0.5, 0.6) is 0 Å². The van der Waals surface area contributed by atoms with Crippen molar-refractivity contribution in [2.75, 3.05) is 0 Å². The first-order valence-electron chi connectivity index (χ1n) is 6.21. The lowest BCUT2D eigenvalue weighted by Crippen LogP contribution is -2.40. The summed E-state index contributed by atoms with van der Waals surface area (Å²) in [6, 6.07) is 1.74. The van der Waals surface area contributed by atoms with Gasteiger partial charge in [0.1, 0.15) is 0 Å². The lowest BCUT2D eigenvalue weighted by atomic mass is 9.91. The van der Waals surface area contributed by atoms with Crippen LogP contribution in [0.1, 0.15) is 64.2 Å². The van der Waals surface area contributed by atoms with Gasteiger partial charge in [-0.05, 0) is 36.6 Å². The van der Waals surface area contributed by atoms with Gasteiger partial charge in [-0.1, -0.05) is 38.5 Å². The van der Waals surface area contributed by atoms with Crippen LogP contribution in [0.15, 0.2) is 0 Å². The first-order chi connectivity index (χ1) is 6.45. The van der Waals surface area contributed by atoms with Gasteiger partial charge in [-0.2, -0.15) is 0 Å². The molecule has 84 valence electrons. The molecule has 2 rings (SSSR count). The molecule has 2 aliphatic rings. The highest BCUT2D eigenvalue weighted by atomic mass is 28.1. The Morgan fingerprint density at radius 3 is 1.29 bits per heavy atom. The van der Waals surface area contributed by atoms with Crippen LogP contribution in [0.2, 0.25) is 0 Å². The highest BCUT2D eigenvalue weighted by Gasteiger charge is 2.19. The topological polar surface area (TPSA) is 12.0 Å². The predicted octanol–water partition coefficient (Wildman–Crippen LogP) is 1.79. The zero-order valence-corrected chi connectivity index (χ0v) is 8.73. The third-order valence-electron chi connectivity index (χ3n) is 3.68. The van der Waals surface area contributed by atoms with Crippen molar-refractivity contribution < 1.29 is 0 Å². The van der Waals surface area contributed by atoms with Crippen LogP contribution in [-0.2, 0) is 0 Å². The number of hydrogen-bond donors (Lipinski definition) is 1. The Bertz CT molecular complexity index is 121. The van der Waals surface area contributed by atoms with E-state index < -0.39 is 0 Å². The molecule has 1 N–H and O–H groups in total. The molecule has 0 unspecified atom stereocenters. The van der Waals surface area contributed by atoms with Crippen LogP contribution in [0.3, 0.4) is 0 Å². The maximum Gasteiger partial charge on any atom is 0.00696 e. The molecule has 0 heterocycles. The van der Waals surface area contributed by atoms with E-state index in [9.17, 15) is 0 Å². The van der Waals surface area contributed by atoms with E-state index >= 15 is 0 Å². The fourth-order valence-electron chi connectivity index (χ4n) is 2.87. The first-order valence-corrected chi connectivity index (χ1v) is 6.21. The monoisotopic (exact) mass is 213 g/mol. The minimum atomic E-state index is 0. The smallest absolute Gasteiger partial charge is 0.00696 e. The Kier molecular flexibility index (Phi) is 5.79. The summed E-state index contributed by atoms with van der Waals surface area (Å²) >= 11 is 0. The second-order valence-corrected chi connectivity index (χ2v) is 4.84. The summed E-state index contributed by atoms with van der Waals surface area (Å²) in [6.45, 7) is 0. The molecule has 2 fully saturated rings. The molecule has 2 aliphatic carbocycles. The SMILES string of the molecule is C1CCC(NC2CCCCC2)CC1.[SiH4]. The fraction of sp³-hybridized carbons (Fsp3) is 1.00. The lowest BCUT2D eigenvalue weighted by Gasteiger charge is -2.30. The van der Waals surface area contributed by atoms with E-state index in [1.165, 1.54) is 64.2 Å². The average molecular weight is 213 g/mol. The van der Waals surface area contributed by atoms with Crippen molar-refractivity contribution in [2.45, 2.75) is 76.3 Å². The van der Waals surface area contributed by atoms with Gasteiger partial charge in [-0.3, -0.25) is 0 Å². The maximum absolute atomic E-state index is 3.86. The Morgan fingerprint density at radius 2 is 0.929 bits per heavy atom. The van der Waals surface area contributed by atoms with Crippen LogP contribution in [0, 0.1) is 0 Å². The minimum Gasteiger partial charge on any atom is -0.311 e.